The molecule has 0 aliphatic heterocycles. The standard InChI is InChI=1S/C19H25NO3S/c1-13(18-20-12-17(23-18)19(2,3)4)24(21,22)16-11-7-9-14-8-5-6-10-15(14)16/h5-6,8,10,12-13,16H,7,9,11H2,1-4H3. The second-order valence-electron chi connectivity index (χ2n) is 7.62. The minimum absolute atomic E-state index is 0.188. The van der Waals surface area contributed by atoms with E-state index in [0.29, 0.717) is 18.1 Å². The van der Waals surface area contributed by atoms with Gasteiger partial charge in [0, 0.05) is 5.41 Å². The van der Waals surface area contributed by atoms with Gasteiger partial charge >= 0.3 is 0 Å². The number of fused-ring (bicyclic) bond motifs is 1. The zero-order chi connectivity index (χ0) is 17.5. The molecule has 0 fully saturated rings. The summed E-state index contributed by atoms with van der Waals surface area (Å²) in [5.41, 5.74) is 1.90. The molecule has 2 atom stereocenters. The number of rotatable bonds is 3. The van der Waals surface area contributed by atoms with Gasteiger partial charge in [0.1, 0.15) is 11.0 Å². The Hall–Kier alpha value is -1.62. The highest BCUT2D eigenvalue weighted by Crippen LogP contribution is 2.41. The maximum absolute atomic E-state index is 13.2. The van der Waals surface area contributed by atoms with E-state index in [9.17, 15) is 8.42 Å². The molecule has 0 spiro atoms. The summed E-state index contributed by atoms with van der Waals surface area (Å²) in [5.74, 6) is 1.01. The number of aromatic nitrogens is 1. The molecule has 0 N–H and O–H groups in total. The van der Waals surface area contributed by atoms with Crippen molar-refractivity contribution in [3.8, 4) is 0 Å². The fourth-order valence-electron chi connectivity index (χ4n) is 3.26. The van der Waals surface area contributed by atoms with Crippen LogP contribution in [0, 0.1) is 0 Å². The lowest BCUT2D eigenvalue weighted by molar-refractivity contribution is 0.380. The SMILES string of the molecule is CC(c1ncc(C(C)(C)C)o1)S(=O)(=O)C1CCCc2ccccc21. The Morgan fingerprint density at radius 2 is 1.96 bits per heavy atom. The molecule has 3 rings (SSSR count). The van der Waals surface area contributed by atoms with Crippen LogP contribution in [0.5, 0.6) is 0 Å². The molecule has 2 aromatic rings. The first-order valence-corrected chi connectivity index (χ1v) is 10.1. The van der Waals surface area contributed by atoms with Gasteiger partial charge in [-0.1, -0.05) is 45.0 Å². The lowest BCUT2D eigenvalue weighted by atomic mass is 9.91. The summed E-state index contributed by atoms with van der Waals surface area (Å²) in [6.07, 6.45) is 4.16. The van der Waals surface area contributed by atoms with Crippen molar-refractivity contribution < 1.29 is 12.8 Å². The van der Waals surface area contributed by atoms with Gasteiger partial charge < -0.3 is 4.42 Å². The third-order valence-corrected chi connectivity index (χ3v) is 7.28. The van der Waals surface area contributed by atoms with Crippen LogP contribution in [0.4, 0.5) is 0 Å². The normalized spacial score (nSPS) is 19.8. The number of benzene rings is 1. The van der Waals surface area contributed by atoms with Gasteiger partial charge in [-0.15, -0.1) is 0 Å². The van der Waals surface area contributed by atoms with Crippen LogP contribution in [0.25, 0.3) is 0 Å². The van der Waals surface area contributed by atoms with E-state index >= 15 is 0 Å². The van der Waals surface area contributed by atoms with Crippen LogP contribution < -0.4 is 0 Å². The molecule has 0 radical (unpaired) electrons. The van der Waals surface area contributed by atoms with Crippen LogP contribution in [-0.4, -0.2) is 13.4 Å². The van der Waals surface area contributed by atoms with E-state index in [2.05, 4.69) is 4.98 Å². The van der Waals surface area contributed by atoms with Crippen molar-refractivity contribution in [3.63, 3.8) is 0 Å². The Labute approximate surface area is 144 Å². The van der Waals surface area contributed by atoms with Gasteiger partial charge in [-0.05, 0) is 37.3 Å². The zero-order valence-corrected chi connectivity index (χ0v) is 15.6. The highest BCUT2D eigenvalue weighted by atomic mass is 32.2. The Kier molecular flexibility index (Phi) is 4.32. The van der Waals surface area contributed by atoms with Gasteiger partial charge in [-0.2, -0.15) is 0 Å². The maximum Gasteiger partial charge on any atom is 0.212 e. The summed E-state index contributed by atoms with van der Waals surface area (Å²) in [5, 5.41) is -1.22. The van der Waals surface area contributed by atoms with E-state index in [4.69, 9.17) is 4.42 Å². The fraction of sp³-hybridized carbons (Fsp3) is 0.526. The highest BCUT2D eigenvalue weighted by molar-refractivity contribution is 7.91. The van der Waals surface area contributed by atoms with Gasteiger partial charge in [0.2, 0.25) is 5.89 Å². The first-order valence-electron chi connectivity index (χ1n) is 8.48. The summed E-state index contributed by atoms with van der Waals surface area (Å²) in [7, 11) is -3.42. The van der Waals surface area contributed by atoms with Crippen molar-refractivity contribution in [1.82, 2.24) is 4.98 Å². The molecule has 1 aliphatic carbocycles. The molecule has 0 bridgehead atoms. The third kappa shape index (κ3) is 3.02. The van der Waals surface area contributed by atoms with E-state index in [1.54, 1.807) is 13.1 Å². The van der Waals surface area contributed by atoms with Crippen molar-refractivity contribution in [3.05, 3.63) is 53.2 Å². The van der Waals surface area contributed by atoms with E-state index in [0.717, 1.165) is 24.0 Å². The second kappa shape index (κ2) is 6.03. The van der Waals surface area contributed by atoms with Gasteiger partial charge in [0.15, 0.2) is 9.84 Å². The van der Waals surface area contributed by atoms with Crippen molar-refractivity contribution in [1.29, 1.82) is 0 Å². The third-order valence-electron chi connectivity index (χ3n) is 4.81. The van der Waals surface area contributed by atoms with Gasteiger partial charge in [0.05, 0.1) is 11.4 Å². The lowest BCUT2D eigenvalue weighted by Crippen LogP contribution is -2.23. The van der Waals surface area contributed by atoms with Crippen molar-refractivity contribution in [2.75, 3.05) is 0 Å². The Bertz CT molecular complexity index is 830. The van der Waals surface area contributed by atoms with Crippen LogP contribution in [0.1, 0.15) is 73.8 Å². The summed E-state index contributed by atoms with van der Waals surface area (Å²) in [6.45, 7) is 7.75. The molecule has 1 heterocycles. The minimum atomic E-state index is -3.42. The second-order valence-corrected chi connectivity index (χ2v) is 10.1. The molecule has 4 nitrogen and oxygen atoms in total. The number of aryl methyl sites for hydroxylation is 1. The zero-order valence-electron chi connectivity index (χ0n) is 14.7. The van der Waals surface area contributed by atoms with Gasteiger partial charge in [-0.25, -0.2) is 13.4 Å². The molecule has 2 unspecified atom stereocenters. The Balaban J connectivity index is 1.95. The molecule has 0 amide bonds. The molecule has 0 saturated heterocycles. The van der Waals surface area contributed by atoms with E-state index in [1.807, 2.05) is 45.0 Å². The van der Waals surface area contributed by atoms with Gasteiger partial charge in [0.25, 0.3) is 0 Å². The first kappa shape index (κ1) is 17.2. The molecule has 130 valence electrons. The number of hydrogen-bond donors (Lipinski definition) is 0. The smallest absolute Gasteiger partial charge is 0.212 e. The molecule has 1 aromatic heterocycles. The number of sulfone groups is 1. The average Bonchev–Trinajstić information content (AvgIpc) is 3.03. The van der Waals surface area contributed by atoms with Gasteiger partial charge in [-0.3, -0.25) is 0 Å². The number of hydrogen-bond acceptors (Lipinski definition) is 4. The van der Waals surface area contributed by atoms with Crippen LogP contribution in [0.15, 0.2) is 34.9 Å². The van der Waals surface area contributed by atoms with Crippen LogP contribution in [0.3, 0.4) is 0 Å². The summed E-state index contributed by atoms with van der Waals surface area (Å²) >= 11 is 0. The monoisotopic (exact) mass is 347 g/mol. The largest absolute Gasteiger partial charge is 0.444 e. The predicted octanol–water partition coefficient (Wildman–Crippen LogP) is 4.53. The molecular weight excluding hydrogens is 322 g/mol. The predicted molar refractivity (Wildman–Crippen MR) is 94.7 cm³/mol. The lowest BCUT2D eigenvalue weighted by Gasteiger charge is -2.27. The summed E-state index contributed by atoms with van der Waals surface area (Å²) in [6, 6.07) is 7.87. The van der Waals surface area contributed by atoms with Crippen molar-refractivity contribution >= 4 is 9.84 Å². The fourth-order valence-corrected chi connectivity index (χ4v) is 5.22. The average molecular weight is 347 g/mol. The van der Waals surface area contributed by atoms with Crippen LogP contribution in [-0.2, 0) is 21.7 Å². The highest BCUT2D eigenvalue weighted by Gasteiger charge is 2.38. The van der Waals surface area contributed by atoms with Crippen molar-refractivity contribution in [2.45, 2.75) is 62.9 Å². The van der Waals surface area contributed by atoms with E-state index in [1.165, 1.54) is 0 Å². The Morgan fingerprint density at radius 1 is 1.25 bits per heavy atom. The van der Waals surface area contributed by atoms with Crippen molar-refractivity contribution in [2.24, 2.45) is 0 Å². The molecular formula is C19H25NO3S. The molecule has 5 heteroatoms. The maximum atomic E-state index is 13.2. The topological polar surface area (TPSA) is 60.2 Å². The molecule has 1 aliphatic rings. The number of oxazole rings is 1. The van der Waals surface area contributed by atoms with Crippen LogP contribution >= 0.6 is 0 Å². The van der Waals surface area contributed by atoms with Crippen LogP contribution in [0.2, 0.25) is 0 Å². The summed E-state index contributed by atoms with van der Waals surface area (Å²) < 4.78 is 32.2. The number of nitrogens with zero attached hydrogens (tertiary/aromatic N) is 1. The molecule has 1 aromatic carbocycles. The quantitative estimate of drug-likeness (QED) is 0.818. The van der Waals surface area contributed by atoms with E-state index < -0.39 is 20.3 Å². The van der Waals surface area contributed by atoms with E-state index in [-0.39, 0.29) is 5.41 Å². The molecule has 24 heavy (non-hydrogen) atoms. The minimum Gasteiger partial charge on any atom is -0.444 e. The first-order chi connectivity index (χ1) is 11.2. The molecule has 0 saturated carbocycles. The Morgan fingerprint density at radius 3 is 2.62 bits per heavy atom. The summed E-state index contributed by atoms with van der Waals surface area (Å²) in [4.78, 5) is 4.25.